The van der Waals surface area contributed by atoms with Crippen molar-refractivity contribution in [2.45, 2.75) is 26.7 Å². The van der Waals surface area contributed by atoms with Crippen LogP contribution in [0.5, 0.6) is 0 Å². The second kappa shape index (κ2) is 7.65. The van der Waals surface area contributed by atoms with Crippen LogP contribution >= 0.6 is 0 Å². The summed E-state index contributed by atoms with van der Waals surface area (Å²) < 4.78 is 9.99. The summed E-state index contributed by atoms with van der Waals surface area (Å²) in [5.74, 6) is -1.45. The first-order chi connectivity index (χ1) is 13.0. The maximum absolute atomic E-state index is 12.5. The Morgan fingerprint density at radius 2 is 1.93 bits per heavy atom. The van der Waals surface area contributed by atoms with Gasteiger partial charge in [-0.3, -0.25) is 4.79 Å². The number of hydrogen-bond donors (Lipinski definition) is 1. The van der Waals surface area contributed by atoms with Gasteiger partial charge >= 0.3 is 11.9 Å². The van der Waals surface area contributed by atoms with Crippen LogP contribution in [0.1, 0.15) is 44.6 Å². The minimum atomic E-state index is -0.668. The number of ether oxygens (including phenoxy) is 2. The van der Waals surface area contributed by atoms with Crippen LogP contribution in [0.15, 0.2) is 24.3 Å². The van der Waals surface area contributed by atoms with Crippen LogP contribution in [0.25, 0.3) is 0 Å². The fraction of sp³-hybridized carbons (Fsp3) is 0.350. The Balaban J connectivity index is 1.71. The van der Waals surface area contributed by atoms with E-state index in [2.05, 4.69) is 4.98 Å². The van der Waals surface area contributed by atoms with E-state index >= 15 is 0 Å². The number of aryl methyl sites for hydroxylation is 1. The van der Waals surface area contributed by atoms with E-state index in [1.165, 1.54) is 7.11 Å². The lowest BCUT2D eigenvalue weighted by Crippen LogP contribution is -2.33. The highest BCUT2D eigenvalue weighted by Crippen LogP contribution is 2.27. The van der Waals surface area contributed by atoms with Crippen molar-refractivity contribution in [1.82, 2.24) is 4.98 Å². The molecule has 0 aliphatic carbocycles. The lowest BCUT2D eigenvalue weighted by Gasteiger charge is -2.17. The molecular weight excluding hydrogens is 348 g/mol. The van der Waals surface area contributed by atoms with Crippen molar-refractivity contribution in [2.24, 2.45) is 0 Å². The first kappa shape index (κ1) is 18.7. The molecule has 0 atom stereocenters. The van der Waals surface area contributed by atoms with Gasteiger partial charge in [0.1, 0.15) is 5.69 Å². The molecule has 0 fully saturated rings. The zero-order valence-corrected chi connectivity index (χ0v) is 15.6. The summed E-state index contributed by atoms with van der Waals surface area (Å²) in [6, 6.07) is 7.68. The summed E-state index contributed by atoms with van der Waals surface area (Å²) in [4.78, 5) is 41.4. The molecule has 1 aliphatic heterocycles. The summed E-state index contributed by atoms with van der Waals surface area (Å²) in [6.07, 6.45) is 1.32. The van der Waals surface area contributed by atoms with E-state index in [1.54, 1.807) is 11.8 Å². The highest BCUT2D eigenvalue weighted by atomic mass is 16.5. The minimum Gasteiger partial charge on any atom is -0.465 e. The summed E-state index contributed by atoms with van der Waals surface area (Å²) in [7, 11) is 1.29. The highest BCUT2D eigenvalue weighted by Gasteiger charge is 2.27. The number of fused-ring (bicyclic) bond motifs is 1. The second-order valence-electron chi connectivity index (χ2n) is 6.32. The molecule has 0 saturated heterocycles. The van der Waals surface area contributed by atoms with Crippen LogP contribution < -0.4 is 4.90 Å². The number of para-hydroxylation sites is 1. The average Bonchev–Trinajstić information content (AvgIpc) is 3.26. The number of amides is 1. The number of rotatable bonds is 5. The van der Waals surface area contributed by atoms with Crippen molar-refractivity contribution < 1.29 is 23.9 Å². The molecule has 7 heteroatoms. The molecule has 2 heterocycles. The SMILES string of the molecule is CCc1[nH]c(C(=O)OCC(=O)N2CCc3ccccc32)c(C)c1C(=O)OC. The molecule has 0 saturated carbocycles. The van der Waals surface area contributed by atoms with Crippen molar-refractivity contribution in [3.63, 3.8) is 0 Å². The highest BCUT2D eigenvalue weighted by molar-refractivity contribution is 6.00. The van der Waals surface area contributed by atoms with Gasteiger partial charge in [0.05, 0.1) is 12.7 Å². The van der Waals surface area contributed by atoms with Gasteiger partial charge in [0.25, 0.3) is 5.91 Å². The van der Waals surface area contributed by atoms with Crippen molar-refractivity contribution >= 4 is 23.5 Å². The molecule has 142 valence electrons. The van der Waals surface area contributed by atoms with Crippen LogP contribution in [0.2, 0.25) is 0 Å². The van der Waals surface area contributed by atoms with Crippen LogP contribution in [-0.2, 0) is 27.1 Å². The van der Waals surface area contributed by atoms with Crippen molar-refractivity contribution in [3.05, 3.63) is 52.3 Å². The molecule has 27 heavy (non-hydrogen) atoms. The maximum Gasteiger partial charge on any atom is 0.355 e. The average molecular weight is 370 g/mol. The molecule has 0 radical (unpaired) electrons. The fourth-order valence-electron chi connectivity index (χ4n) is 3.38. The minimum absolute atomic E-state index is 0.168. The number of methoxy groups -OCH3 is 1. The summed E-state index contributed by atoms with van der Waals surface area (Å²) in [5.41, 5.74) is 3.53. The number of benzene rings is 1. The lowest BCUT2D eigenvalue weighted by atomic mass is 10.1. The van der Waals surface area contributed by atoms with Gasteiger partial charge in [0.2, 0.25) is 0 Å². The smallest absolute Gasteiger partial charge is 0.355 e. The topological polar surface area (TPSA) is 88.7 Å². The first-order valence-electron chi connectivity index (χ1n) is 8.83. The van der Waals surface area contributed by atoms with Crippen LogP contribution in [-0.4, -0.2) is 43.1 Å². The van der Waals surface area contributed by atoms with E-state index < -0.39 is 11.9 Å². The molecule has 7 nitrogen and oxygen atoms in total. The van der Waals surface area contributed by atoms with E-state index in [-0.39, 0.29) is 18.2 Å². The number of nitrogens with zero attached hydrogens (tertiary/aromatic N) is 1. The fourth-order valence-corrected chi connectivity index (χ4v) is 3.38. The van der Waals surface area contributed by atoms with Crippen molar-refractivity contribution in [1.29, 1.82) is 0 Å². The van der Waals surface area contributed by atoms with E-state index in [0.717, 1.165) is 17.7 Å². The van der Waals surface area contributed by atoms with E-state index in [9.17, 15) is 14.4 Å². The monoisotopic (exact) mass is 370 g/mol. The number of H-pyrrole nitrogens is 1. The molecular formula is C20H22N2O5. The Labute approximate surface area is 157 Å². The molecule has 0 spiro atoms. The summed E-state index contributed by atoms with van der Waals surface area (Å²) in [5, 5.41) is 0. The molecule has 1 N–H and O–H groups in total. The van der Waals surface area contributed by atoms with E-state index in [4.69, 9.17) is 9.47 Å². The number of nitrogens with one attached hydrogen (secondary N) is 1. The number of carbonyl (C=O) groups excluding carboxylic acids is 3. The van der Waals surface area contributed by atoms with Gasteiger partial charge in [0, 0.05) is 17.9 Å². The zero-order valence-electron chi connectivity index (χ0n) is 15.6. The van der Waals surface area contributed by atoms with Crippen molar-refractivity contribution in [3.8, 4) is 0 Å². The largest absolute Gasteiger partial charge is 0.465 e. The van der Waals surface area contributed by atoms with Gasteiger partial charge in [0.15, 0.2) is 6.61 Å². The second-order valence-corrected chi connectivity index (χ2v) is 6.32. The van der Waals surface area contributed by atoms with E-state index in [1.807, 2.05) is 31.2 Å². The Kier molecular flexibility index (Phi) is 5.30. The maximum atomic E-state index is 12.5. The predicted molar refractivity (Wildman–Crippen MR) is 99.0 cm³/mol. The molecule has 1 aliphatic rings. The summed E-state index contributed by atoms with van der Waals surface area (Å²) >= 11 is 0. The van der Waals surface area contributed by atoms with Gasteiger partial charge < -0.3 is 19.4 Å². The Morgan fingerprint density at radius 3 is 2.63 bits per heavy atom. The summed E-state index contributed by atoms with van der Waals surface area (Å²) in [6.45, 7) is 3.72. The Morgan fingerprint density at radius 1 is 1.19 bits per heavy atom. The van der Waals surface area contributed by atoms with Crippen LogP contribution in [0, 0.1) is 6.92 Å². The van der Waals surface area contributed by atoms with Gasteiger partial charge in [-0.05, 0) is 37.0 Å². The van der Waals surface area contributed by atoms with Gasteiger partial charge in [-0.1, -0.05) is 25.1 Å². The molecule has 3 rings (SSSR count). The molecule has 0 bridgehead atoms. The third kappa shape index (κ3) is 3.45. The van der Waals surface area contributed by atoms with Gasteiger partial charge in [-0.2, -0.15) is 0 Å². The van der Waals surface area contributed by atoms with Crippen LogP contribution in [0.4, 0.5) is 5.69 Å². The number of aromatic nitrogens is 1. The zero-order chi connectivity index (χ0) is 19.6. The number of anilines is 1. The standard InChI is InChI=1S/C20H22N2O5/c1-4-14-17(19(24)26-3)12(2)18(21-14)20(25)27-11-16(23)22-10-9-13-7-5-6-8-15(13)22/h5-8,21H,4,9-11H2,1-3H3. The lowest BCUT2D eigenvalue weighted by molar-refractivity contribution is -0.121. The Bertz CT molecular complexity index is 900. The molecule has 1 aromatic heterocycles. The number of carbonyl (C=O) groups is 3. The van der Waals surface area contributed by atoms with Gasteiger partial charge in [-0.25, -0.2) is 9.59 Å². The third-order valence-electron chi connectivity index (χ3n) is 4.79. The number of hydrogen-bond acceptors (Lipinski definition) is 5. The third-order valence-corrected chi connectivity index (χ3v) is 4.79. The van der Waals surface area contributed by atoms with Gasteiger partial charge in [-0.15, -0.1) is 0 Å². The van der Waals surface area contributed by atoms with E-state index in [0.29, 0.717) is 29.8 Å². The quantitative estimate of drug-likeness (QED) is 0.817. The molecule has 1 aromatic carbocycles. The van der Waals surface area contributed by atoms with Crippen LogP contribution in [0.3, 0.4) is 0 Å². The first-order valence-corrected chi connectivity index (χ1v) is 8.83. The normalized spacial score (nSPS) is 12.6. The molecule has 1 amide bonds. The molecule has 0 unspecified atom stereocenters. The Hall–Kier alpha value is -3.09. The number of esters is 2. The number of aromatic amines is 1. The molecule has 2 aromatic rings. The van der Waals surface area contributed by atoms with Crippen molar-refractivity contribution in [2.75, 3.05) is 25.2 Å². The predicted octanol–water partition coefficient (Wildman–Crippen LogP) is 2.42.